The van der Waals surface area contributed by atoms with E-state index in [1.54, 1.807) is 23.1 Å². The zero-order chi connectivity index (χ0) is 23.4. The molecule has 0 unspecified atom stereocenters. The van der Waals surface area contributed by atoms with Crippen molar-refractivity contribution in [1.29, 1.82) is 5.26 Å². The maximum atomic E-state index is 13.4. The minimum Gasteiger partial charge on any atom is -0.384 e. The van der Waals surface area contributed by atoms with E-state index in [1.807, 2.05) is 19.9 Å². The van der Waals surface area contributed by atoms with Crippen molar-refractivity contribution in [3.63, 3.8) is 0 Å². The predicted octanol–water partition coefficient (Wildman–Crippen LogP) is 6.01. The monoisotopic (exact) mass is 532 g/mol. The van der Waals surface area contributed by atoms with Crippen molar-refractivity contribution in [2.45, 2.75) is 32.6 Å². The molecule has 2 aliphatic rings. The lowest BCUT2D eigenvalue weighted by molar-refractivity contribution is -0.380. The van der Waals surface area contributed by atoms with Crippen LogP contribution in [-0.4, -0.2) is 10.7 Å². The highest BCUT2D eigenvalue weighted by atomic mass is 79.9. The first-order valence-electron chi connectivity index (χ1n) is 9.69. The summed E-state index contributed by atoms with van der Waals surface area (Å²) in [5.74, 6) is -0.680. The van der Waals surface area contributed by atoms with Crippen LogP contribution in [0, 0.1) is 26.9 Å². The van der Waals surface area contributed by atoms with Crippen LogP contribution < -0.4 is 10.6 Å². The lowest BCUT2D eigenvalue weighted by Crippen LogP contribution is -2.42. The summed E-state index contributed by atoms with van der Waals surface area (Å²) in [7, 11) is 0. The standard InChI is InChI=1S/C22H18BrClN4O3S/c1-22(2)8-15-20(16(29)9-22)19(17-5-6-18(32-17)28(30)31)12(10-25)21(26)27(15)14-4-3-11(23)7-13(14)24/h3-7,19H,8-9,26H2,1-2H3/t19-/m0/s1. The highest BCUT2D eigenvalue weighted by Gasteiger charge is 2.45. The predicted molar refractivity (Wildman–Crippen MR) is 127 cm³/mol. The molecule has 10 heteroatoms. The number of hydrogen-bond donors (Lipinski definition) is 1. The summed E-state index contributed by atoms with van der Waals surface area (Å²) in [6.07, 6.45) is 0.834. The largest absolute Gasteiger partial charge is 0.384 e. The third kappa shape index (κ3) is 3.72. The summed E-state index contributed by atoms with van der Waals surface area (Å²) in [6.45, 7) is 4.00. The number of nitro groups is 1. The Morgan fingerprint density at radius 1 is 1.34 bits per heavy atom. The molecule has 4 rings (SSSR count). The number of ketones is 1. The van der Waals surface area contributed by atoms with E-state index in [9.17, 15) is 20.2 Å². The second-order valence-electron chi connectivity index (χ2n) is 8.51. The number of benzene rings is 1. The molecule has 2 aromatic rings. The van der Waals surface area contributed by atoms with Gasteiger partial charge in [0.15, 0.2) is 5.78 Å². The Morgan fingerprint density at radius 3 is 2.66 bits per heavy atom. The van der Waals surface area contributed by atoms with Crippen LogP contribution in [0.25, 0.3) is 0 Å². The number of rotatable bonds is 3. The molecule has 0 saturated heterocycles. The van der Waals surface area contributed by atoms with E-state index in [2.05, 4.69) is 22.0 Å². The Balaban J connectivity index is 2.00. The van der Waals surface area contributed by atoms with Gasteiger partial charge in [0.25, 0.3) is 0 Å². The fraction of sp³-hybridized carbons (Fsp3) is 0.273. The average Bonchev–Trinajstić information content (AvgIpc) is 3.17. The van der Waals surface area contributed by atoms with E-state index >= 15 is 0 Å². The highest BCUT2D eigenvalue weighted by molar-refractivity contribution is 9.10. The van der Waals surface area contributed by atoms with E-state index in [4.69, 9.17) is 17.3 Å². The maximum Gasteiger partial charge on any atom is 0.324 e. The number of hydrogen-bond acceptors (Lipinski definition) is 7. The number of nitrogens with zero attached hydrogens (tertiary/aromatic N) is 3. The van der Waals surface area contributed by atoms with Crippen LogP contribution in [0.5, 0.6) is 0 Å². The zero-order valence-corrected chi connectivity index (χ0v) is 20.3. The zero-order valence-electron chi connectivity index (χ0n) is 17.2. The van der Waals surface area contributed by atoms with Gasteiger partial charge in [0, 0.05) is 33.1 Å². The lowest BCUT2D eigenvalue weighted by Gasteiger charge is -2.43. The minimum atomic E-state index is -0.747. The molecule has 1 aliphatic carbocycles. The molecule has 0 saturated carbocycles. The van der Waals surface area contributed by atoms with Crippen molar-refractivity contribution >= 4 is 55.3 Å². The number of Topliss-reactive ketones (excluding diaryl/α,β-unsaturated/α-hetero) is 1. The summed E-state index contributed by atoms with van der Waals surface area (Å²) in [5, 5.41) is 21.7. The summed E-state index contributed by atoms with van der Waals surface area (Å²) >= 11 is 10.9. The minimum absolute atomic E-state index is 0.0556. The molecule has 1 aliphatic heterocycles. The normalized spacial score (nSPS) is 20.3. The molecule has 1 aromatic heterocycles. The Bertz CT molecular complexity index is 1270. The van der Waals surface area contributed by atoms with Gasteiger partial charge < -0.3 is 5.73 Å². The molecule has 0 bridgehead atoms. The number of allylic oxidation sites excluding steroid dienone is 3. The summed E-state index contributed by atoms with van der Waals surface area (Å²) in [4.78, 5) is 26.4. The van der Waals surface area contributed by atoms with Gasteiger partial charge in [0.2, 0.25) is 0 Å². The number of nitriles is 1. The number of nitrogens with two attached hydrogens (primary N) is 1. The van der Waals surface area contributed by atoms with Gasteiger partial charge in [-0.15, -0.1) is 0 Å². The molecule has 7 nitrogen and oxygen atoms in total. The Hall–Kier alpha value is -2.67. The highest BCUT2D eigenvalue weighted by Crippen LogP contribution is 2.52. The molecule has 164 valence electrons. The Morgan fingerprint density at radius 2 is 2.06 bits per heavy atom. The molecule has 2 N–H and O–H groups in total. The molecule has 32 heavy (non-hydrogen) atoms. The second kappa shape index (κ2) is 8.03. The lowest BCUT2D eigenvalue weighted by atomic mass is 9.69. The van der Waals surface area contributed by atoms with Gasteiger partial charge in [-0.05, 0) is 36.1 Å². The number of anilines is 1. The van der Waals surface area contributed by atoms with Gasteiger partial charge in [-0.1, -0.05) is 52.7 Å². The van der Waals surface area contributed by atoms with Gasteiger partial charge >= 0.3 is 5.00 Å². The third-order valence-electron chi connectivity index (χ3n) is 5.61. The van der Waals surface area contributed by atoms with Crippen molar-refractivity contribution in [3.05, 3.63) is 77.5 Å². The number of thiophene rings is 1. The second-order valence-corrected chi connectivity index (χ2v) is 10.9. The molecule has 0 spiro atoms. The van der Waals surface area contributed by atoms with Gasteiger partial charge in [0.1, 0.15) is 5.82 Å². The van der Waals surface area contributed by atoms with E-state index in [0.29, 0.717) is 39.7 Å². The van der Waals surface area contributed by atoms with E-state index in [-0.39, 0.29) is 27.6 Å². The average molecular weight is 534 g/mol. The fourth-order valence-electron chi connectivity index (χ4n) is 4.33. The van der Waals surface area contributed by atoms with E-state index < -0.39 is 10.8 Å². The van der Waals surface area contributed by atoms with Crippen LogP contribution in [-0.2, 0) is 4.79 Å². The quantitative estimate of drug-likeness (QED) is 0.382. The number of carbonyl (C=O) groups is 1. The molecule has 0 amide bonds. The molecule has 0 fully saturated rings. The first-order chi connectivity index (χ1) is 15.0. The Kier molecular flexibility index (Phi) is 5.65. The van der Waals surface area contributed by atoms with Gasteiger partial charge in [-0.25, -0.2) is 0 Å². The van der Waals surface area contributed by atoms with Crippen molar-refractivity contribution in [1.82, 2.24) is 0 Å². The van der Waals surface area contributed by atoms with Gasteiger partial charge in [-0.2, -0.15) is 5.26 Å². The van der Waals surface area contributed by atoms with Crippen LogP contribution in [0.4, 0.5) is 10.7 Å². The SMILES string of the molecule is CC1(C)CC(=O)C2=C(C1)N(c1ccc(Br)cc1Cl)C(N)=C(C#N)[C@H]2c1ccc([N+](=O)[O-])s1. The van der Waals surface area contributed by atoms with Crippen LogP contribution in [0.1, 0.15) is 37.5 Å². The molecule has 1 atom stereocenters. The molecular weight excluding hydrogens is 516 g/mol. The summed E-state index contributed by atoms with van der Waals surface area (Å²) < 4.78 is 0.782. The summed E-state index contributed by atoms with van der Waals surface area (Å²) in [6, 6.07) is 10.5. The first kappa shape index (κ1) is 22.5. The van der Waals surface area contributed by atoms with Crippen molar-refractivity contribution < 1.29 is 9.72 Å². The molecule has 2 heterocycles. The Labute approximate surface area is 202 Å². The molecule has 0 radical (unpaired) electrons. The van der Waals surface area contributed by atoms with Crippen LogP contribution >= 0.6 is 38.9 Å². The number of carbonyl (C=O) groups excluding carboxylic acids is 1. The van der Waals surface area contributed by atoms with Crippen LogP contribution in [0.3, 0.4) is 0 Å². The summed E-state index contributed by atoms with van der Waals surface area (Å²) in [5.41, 5.74) is 8.08. The van der Waals surface area contributed by atoms with Gasteiger partial charge in [-0.3, -0.25) is 19.8 Å². The molecular formula is C22H18BrClN4O3S. The topological polar surface area (TPSA) is 113 Å². The van der Waals surface area contributed by atoms with E-state index in [1.165, 1.54) is 6.07 Å². The van der Waals surface area contributed by atoms with Crippen molar-refractivity contribution in [3.8, 4) is 6.07 Å². The maximum absolute atomic E-state index is 13.4. The van der Waals surface area contributed by atoms with Crippen molar-refractivity contribution in [2.24, 2.45) is 11.1 Å². The first-order valence-corrected chi connectivity index (χ1v) is 11.7. The van der Waals surface area contributed by atoms with E-state index in [0.717, 1.165) is 15.8 Å². The van der Waals surface area contributed by atoms with Crippen molar-refractivity contribution in [2.75, 3.05) is 4.90 Å². The third-order valence-corrected chi connectivity index (χ3v) is 7.51. The smallest absolute Gasteiger partial charge is 0.324 e. The fourth-order valence-corrected chi connectivity index (χ4v) is 6.03. The van der Waals surface area contributed by atoms with Crippen LogP contribution in [0.2, 0.25) is 5.02 Å². The number of halogens is 2. The van der Waals surface area contributed by atoms with Gasteiger partial charge in [0.05, 0.1) is 33.2 Å². The molecule has 1 aromatic carbocycles. The van der Waals surface area contributed by atoms with Crippen LogP contribution in [0.15, 0.2) is 57.5 Å².